The van der Waals surface area contributed by atoms with Gasteiger partial charge in [0, 0.05) is 6.04 Å². The van der Waals surface area contributed by atoms with E-state index in [1.54, 1.807) is 0 Å². The van der Waals surface area contributed by atoms with Gasteiger partial charge in [0.1, 0.15) is 17.1 Å². The van der Waals surface area contributed by atoms with E-state index < -0.39 is 11.7 Å². The van der Waals surface area contributed by atoms with Crippen LogP contribution in [0.15, 0.2) is 18.2 Å². The Morgan fingerprint density at radius 3 is 2.78 bits per heavy atom. The number of hydrogen-bond acceptors (Lipinski definition) is 2. The molecule has 1 amide bonds. The molecule has 0 aliphatic heterocycles. The van der Waals surface area contributed by atoms with E-state index in [9.17, 15) is 14.3 Å². The number of aromatic hydroxyl groups is 1. The Balaban J connectivity index is 2.12. The van der Waals surface area contributed by atoms with E-state index in [-0.39, 0.29) is 17.4 Å². The number of phenols is 1. The first-order valence-electron chi connectivity index (χ1n) is 6.38. The van der Waals surface area contributed by atoms with Gasteiger partial charge >= 0.3 is 0 Å². The molecule has 2 unspecified atom stereocenters. The third-order valence-electron chi connectivity index (χ3n) is 3.65. The van der Waals surface area contributed by atoms with Gasteiger partial charge < -0.3 is 10.4 Å². The van der Waals surface area contributed by atoms with Crippen molar-refractivity contribution in [2.45, 2.75) is 38.6 Å². The van der Waals surface area contributed by atoms with Crippen LogP contribution >= 0.6 is 0 Å². The first kappa shape index (κ1) is 12.9. The van der Waals surface area contributed by atoms with Gasteiger partial charge in [-0.05, 0) is 30.9 Å². The molecule has 18 heavy (non-hydrogen) atoms. The molecule has 0 spiro atoms. The van der Waals surface area contributed by atoms with Gasteiger partial charge in [-0.2, -0.15) is 0 Å². The molecule has 1 fully saturated rings. The van der Waals surface area contributed by atoms with Crippen molar-refractivity contribution in [2.75, 3.05) is 0 Å². The second-order valence-electron chi connectivity index (χ2n) is 4.98. The van der Waals surface area contributed by atoms with Crippen LogP contribution in [0.3, 0.4) is 0 Å². The molecule has 0 aromatic heterocycles. The summed E-state index contributed by atoms with van der Waals surface area (Å²) in [6.07, 6.45) is 4.26. The summed E-state index contributed by atoms with van der Waals surface area (Å²) in [5, 5.41) is 12.4. The lowest BCUT2D eigenvalue weighted by atomic mass is 9.86. The molecule has 1 saturated carbocycles. The number of hydrogen-bond donors (Lipinski definition) is 2. The van der Waals surface area contributed by atoms with Gasteiger partial charge in [0.05, 0.1) is 0 Å². The third kappa shape index (κ3) is 2.63. The Labute approximate surface area is 106 Å². The predicted molar refractivity (Wildman–Crippen MR) is 67.0 cm³/mol. The van der Waals surface area contributed by atoms with E-state index in [2.05, 4.69) is 12.2 Å². The highest BCUT2D eigenvalue weighted by molar-refractivity contribution is 5.97. The van der Waals surface area contributed by atoms with Gasteiger partial charge in [0.2, 0.25) is 0 Å². The minimum atomic E-state index is -0.684. The molecule has 1 aromatic rings. The molecule has 1 aliphatic carbocycles. The summed E-state index contributed by atoms with van der Waals surface area (Å²) in [6, 6.07) is 3.96. The predicted octanol–water partition coefficient (Wildman–Crippen LogP) is 2.84. The molecule has 0 heterocycles. The topological polar surface area (TPSA) is 49.3 Å². The fourth-order valence-corrected chi connectivity index (χ4v) is 2.51. The van der Waals surface area contributed by atoms with Gasteiger partial charge in [-0.1, -0.05) is 25.8 Å². The van der Waals surface area contributed by atoms with Crippen LogP contribution in [-0.4, -0.2) is 17.1 Å². The van der Waals surface area contributed by atoms with Crippen molar-refractivity contribution in [3.8, 4) is 5.75 Å². The van der Waals surface area contributed by atoms with Gasteiger partial charge in [0.15, 0.2) is 0 Å². The lowest BCUT2D eigenvalue weighted by Gasteiger charge is -2.29. The number of benzene rings is 1. The molecule has 0 radical (unpaired) electrons. The van der Waals surface area contributed by atoms with Crippen molar-refractivity contribution in [2.24, 2.45) is 5.92 Å². The number of carbonyl (C=O) groups excluding carboxylic acids is 1. The Bertz CT molecular complexity index is 427. The number of rotatable bonds is 2. The lowest BCUT2D eigenvalue weighted by molar-refractivity contribution is 0.0903. The smallest absolute Gasteiger partial charge is 0.258 e. The van der Waals surface area contributed by atoms with Crippen LogP contribution in [0.1, 0.15) is 43.0 Å². The Kier molecular flexibility index (Phi) is 3.84. The van der Waals surface area contributed by atoms with Gasteiger partial charge in [-0.3, -0.25) is 4.79 Å². The van der Waals surface area contributed by atoms with Crippen molar-refractivity contribution in [3.05, 3.63) is 29.6 Å². The monoisotopic (exact) mass is 251 g/mol. The first-order valence-corrected chi connectivity index (χ1v) is 6.38. The lowest BCUT2D eigenvalue weighted by Crippen LogP contribution is -2.41. The largest absolute Gasteiger partial charge is 0.507 e. The van der Waals surface area contributed by atoms with Gasteiger partial charge in [-0.25, -0.2) is 4.39 Å². The number of amides is 1. The molecule has 0 saturated heterocycles. The van der Waals surface area contributed by atoms with Crippen molar-refractivity contribution in [1.29, 1.82) is 0 Å². The van der Waals surface area contributed by atoms with Crippen LogP contribution in [0.4, 0.5) is 4.39 Å². The van der Waals surface area contributed by atoms with Crippen LogP contribution in [0, 0.1) is 11.7 Å². The molecule has 2 rings (SSSR count). The normalized spacial score (nSPS) is 23.7. The van der Waals surface area contributed by atoms with E-state index in [1.165, 1.54) is 24.6 Å². The summed E-state index contributed by atoms with van der Waals surface area (Å²) in [5.74, 6) is -1.12. The second-order valence-corrected chi connectivity index (χ2v) is 4.98. The first-order chi connectivity index (χ1) is 8.59. The Hall–Kier alpha value is -1.58. The van der Waals surface area contributed by atoms with Crippen LogP contribution in [-0.2, 0) is 0 Å². The fourth-order valence-electron chi connectivity index (χ4n) is 2.51. The molecule has 2 N–H and O–H groups in total. The van der Waals surface area contributed by atoms with Crippen molar-refractivity contribution < 1.29 is 14.3 Å². The summed E-state index contributed by atoms with van der Waals surface area (Å²) in [5.41, 5.74) is -0.254. The maximum atomic E-state index is 13.5. The summed E-state index contributed by atoms with van der Waals surface area (Å²) in [7, 11) is 0. The van der Waals surface area contributed by atoms with Crippen LogP contribution < -0.4 is 5.32 Å². The number of phenolic OH excluding ortho intramolecular Hbond substituents is 1. The molecule has 0 bridgehead atoms. The molecular weight excluding hydrogens is 233 g/mol. The zero-order chi connectivity index (χ0) is 13.1. The highest BCUT2D eigenvalue weighted by atomic mass is 19.1. The van der Waals surface area contributed by atoms with Gasteiger partial charge in [0.25, 0.3) is 5.91 Å². The average Bonchev–Trinajstić information content (AvgIpc) is 2.32. The molecule has 4 heteroatoms. The third-order valence-corrected chi connectivity index (χ3v) is 3.65. The van der Waals surface area contributed by atoms with E-state index in [4.69, 9.17) is 0 Å². The van der Waals surface area contributed by atoms with Crippen molar-refractivity contribution in [1.82, 2.24) is 5.32 Å². The summed E-state index contributed by atoms with van der Waals surface area (Å²) >= 11 is 0. The van der Waals surface area contributed by atoms with Crippen molar-refractivity contribution in [3.63, 3.8) is 0 Å². The quantitative estimate of drug-likeness (QED) is 0.849. The summed E-state index contributed by atoms with van der Waals surface area (Å²) in [6.45, 7) is 2.09. The zero-order valence-corrected chi connectivity index (χ0v) is 10.4. The van der Waals surface area contributed by atoms with E-state index in [1.807, 2.05) is 0 Å². The minimum Gasteiger partial charge on any atom is -0.507 e. The van der Waals surface area contributed by atoms with E-state index in [0.717, 1.165) is 19.3 Å². The van der Waals surface area contributed by atoms with Crippen LogP contribution in [0.25, 0.3) is 0 Å². The maximum absolute atomic E-state index is 13.5. The second kappa shape index (κ2) is 5.38. The van der Waals surface area contributed by atoms with Crippen LogP contribution in [0.5, 0.6) is 5.75 Å². The molecule has 3 nitrogen and oxygen atoms in total. The number of nitrogens with one attached hydrogen (secondary N) is 1. The molecule has 1 aliphatic rings. The molecule has 1 aromatic carbocycles. The standard InChI is InChI=1S/C14H18FNO2/c1-9-5-2-3-7-11(9)16-14(18)13-10(15)6-4-8-12(13)17/h4,6,8-9,11,17H,2-3,5,7H2,1H3,(H,16,18). The van der Waals surface area contributed by atoms with E-state index >= 15 is 0 Å². The Morgan fingerprint density at radius 2 is 2.11 bits per heavy atom. The minimum absolute atomic E-state index is 0.0743. The number of carbonyl (C=O) groups is 1. The summed E-state index contributed by atoms with van der Waals surface area (Å²) < 4.78 is 13.5. The highest BCUT2D eigenvalue weighted by Crippen LogP contribution is 2.25. The summed E-state index contributed by atoms with van der Waals surface area (Å²) in [4.78, 5) is 12.0. The van der Waals surface area contributed by atoms with Crippen LogP contribution in [0.2, 0.25) is 0 Å². The molecule has 98 valence electrons. The van der Waals surface area contributed by atoms with Crippen molar-refractivity contribution >= 4 is 5.91 Å². The zero-order valence-electron chi connectivity index (χ0n) is 10.4. The highest BCUT2D eigenvalue weighted by Gasteiger charge is 2.25. The maximum Gasteiger partial charge on any atom is 0.258 e. The fraction of sp³-hybridized carbons (Fsp3) is 0.500. The SMILES string of the molecule is CC1CCCCC1NC(=O)c1c(O)cccc1F. The van der Waals surface area contributed by atoms with Gasteiger partial charge in [-0.15, -0.1) is 0 Å². The average molecular weight is 251 g/mol. The number of halogens is 1. The van der Waals surface area contributed by atoms with E-state index in [0.29, 0.717) is 5.92 Å². The molecule has 2 atom stereocenters. The Morgan fingerprint density at radius 1 is 1.39 bits per heavy atom. The molecular formula is C14H18FNO2.